The van der Waals surface area contributed by atoms with E-state index in [9.17, 15) is 0 Å². The molecule has 0 fully saturated rings. The number of para-hydroxylation sites is 2. The lowest BCUT2D eigenvalue weighted by Gasteiger charge is -2.13. The highest BCUT2D eigenvalue weighted by Crippen LogP contribution is 2.50. The van der Waals surface area contributed by atoms with E-state index in [0.29, 0.717) is 0 Å². The minimum atomic E-state index is 1.00. The molecule has 0 atom stereocenters. The first kappa shape index (κ1) is 18.0. The molecule has 2 aromatic heterocycles. The highest BCUT2D eigenvalue weighted by atomic mass is 31.0. The van der Waals surface area contributed by atoms with Gasteiger partial charge in [0, 0.05) is 32.4 Å². The van der Waals surface area contributed by atoms with Crippen LogP contribution in [0.2, 0.25) is 0 Å². The molecule has 0 radical (unpaired) electrons. The summed E-state index contributed by atoms with van der Waals surface area (Å²) in [4.78, 5) is 3.73. The Kier molecular flexibility index (Phi) is 3.88. The van der Waals surface area contributed by atoms with Crippen molar-refractivity contribution in [2.45, 2.75) is 6.42 Å². The van der Waals surface area contributed by atoms with Gasteiger partial charge in [0.2, 0.25) is 0 Å². The summed E-state index contributed by atoms with van der Waals surface area (Å²) >= 11 is 0. The largest absolute Gasteiger partial charge is 0.354 e. The summed E-state index contributed by atoms with van der Waals surface area (Å²) in [7, 11) is 1.27. The fourth-order valence-electron chi connectivity index (χ4n) is 5.17. The van der Waals surface area contributed by atoms with Crippen LogP contribution in [0.4, 0.5) is 0 Å². The van der Waals surface area contributed by atoms with Crippen molar-refractivity contribution >= 4 is 30.0 Å². The van der Waals surface area contributed by atoms with Gasteiger partial charge >= 0.3 is 0 Å². The van der Waals surface area contributed by atoms with Gasteiger partial charge in [0.05, 0.1) is 5.52 Å². The van der Waals surface area contributed by atoms with E-state index in [4.69, 9.17) is 0 Å². The molecule has 1 aliphatic rings. The number of hydrogen-bond donors (Lipinski definition) is 1. The monoisotopic (exact) mass is 425 g/mol. The zero-order valence-electron chi connectivity index (χ0n) is 17.5. The third-order valence-electron chi connectivity index (χ3n) is 6.67. The summed E-state index contributed by atoms with van der Waals surface area (Å²) in [6.07, 6.45) is 1.00. The van der Waals surface area contributed by atoms with Crippen LogP contribution >= 0.6 is 8.19 Å². The normalized spacial score (nSPS) is 12.5. The van der Waals surface area contributed by atoms with Crippen LogP contribution in [0.5, 0.6) is 0 Å². The number of H-pyrrole nitrogens is 1. The van der Waals surface area contributed by atoms with Gasteiger partial charge < -0.3 is 4.98 Å². The molecule has 4 aromatic carbocycles. The van der Waals surface area contributed by atoms with Crippen LogP contribution < -0.4 is 0 Å². The number of rotatable bonds is 2. The van der Waals surface area contributed by atoms with Gasteiger partial charge in [-0.05, 0) is 46.4 Å². The Morgan fingerprint density at radius 1 is 0.625 bits per heavy atom. The lowest BCUT2D eigenvalue weighted by atomic mass is 10.0. The van der Waals surface area contributed by atoms with Crippen molar-refractivity contribution < 1.29 is 0 Å². The van der Waals surface area contributed by atoms with Gasteiger partial charge in [0.1, 0.15) is 0 Å². The van der Waals surface area contributed by atoms with Crippen LogP contribution in [-0.4, -0.2) is 4.98 Å². The van der Waals surface area contributed by atoms with E-state index >= 15 is 0 Å². The molecule has 0 saturated heterocycles. The molecule has 0 saturated carbocycles. The van der Waals surface area contributed by atoms with E-state index in [1.54, 1.807) is 0 Å². The average molecular weight is 425 g/mol. The van der Waals surface area contributed by atoms with E-state index < -0.39 is 0 Å². The maximum Gasteiger partial charge on any atom is 0.0548 e. The van der Waals surface area contributed by atoms with Crippen LogP contribution in [0.1, 0.15) is 11.1 Å². The topological polar surface area (TPSA) is 15.8 Å². The summed E-state index contributed by atoms with van der Waals surface area (Å²) in [6, 6.07) is 37.5. The minimum absolute atomic E-state index is 1.00. The SMILES string of the molecule is c1ccc(-c2cc3c(c(-c4cccc5c4[nH]c4ccccc45)p2)Cc2ccccc2-3)cc1. The van der Waals surface area contributed by atoms with Gasteiger partial charge in [0.25, 0.3) is 0 Å². The molecular weight excluding hydrogens is 405 g/mol. The summed E-state index contributed by atoms with van der Waals surface area (Å²) < 4.78 is 0. The Morgan fingerprint density at radius 3 is 2.31 bits per heavy atom. The molecule has 32 heavy (non-hydrogen) atoms. The number of nitrogens with one attached hydrogen (secondary N) is 1. The van der Waals surface area contributed by atoms with Crippen molar-refractivity contribution in [3.8, 4) is 32.8 Å². The average Bonchev–Trinajstić information content (AvgIpc) is 3.42. The lowest BCUT2D eigenvalue weighted by molar-refractivity contribution is 1.28. The second-order valence-corrected chi connectivity index (χ2v) is 9.63. The third kappa shape index (κ3) is 2.62. The van der Waals surface area contributed by atoms with Gasteiger partial charge in [-0.2, -0.15) is 0 Å². The summed E-state index contributed by atoms with van der Waals surface area (Å²) in [5, 5.41) is 5.38. The smallest absolute Gasteiger partial charge is 0.0548 e. The molecule has 150 valence electrons. The van der Waals surface area contributed by atoms with Crippen molar-refractivity contribution in [3.05, 3.63) is 114 Å². The lowest BCUT2D eigenvalue weighted by Crippen LogP contribution is -1.88. The van der Waals surface area contributed by atoms with Gasteiger partial charge in [-0.1, -0.05) is 99.2 Å². The summed E-state index contributed by atoms with van der Waals surface area (Å²) in [5.41, 5.74) is 10.7. The Morgan fingerprint density at radius 2 is 1.38 bits per heavy atom. The van der Waals surface area contributed by atoms with E-state index in [2.05, 4.69) is 108 Å². The van der Waals surface area contributed by atoms with Gasteiger partial charge in [-0.15, -0.1) is 0 Å². The number of fused-ring (bicyclic) bond motifs is 6. The Labute approximate surface area is 188 Å². The number of aromatic amines is 1. The molecule has 2 heterocycles. The summed E-state index contributed by atoms with van der Waals surface area (Å²) in [5.74, 6) is 0. The molecule has 1 aliphatic carbocycles. The predicted octanol–water partition coefficient (Wildman–Crippen LogP) is 8.81. The number of aromatic nitrogens is 1. The molecule has 0 spiro atoms. The Hall–Kier alpha value is -3.67. The fourth-order valence-corrected chi connectivity index (χ4v) is 6.52. The molecule has 6 aromatic rings. The highest BCUT2D eigenvalue weighted by Gasteiger charge is 2.24. The van der Waals surface area contributed by atoms with Crippen molar-refractivity contribution in [2.75, 3.05) is 0 Å². The van der Waals surface area contributed by atoms with E-state index in [0.717, 1.165) is 6.42 Å². The first-order valence-corrected chi connectivity index (χ1v) is 11.9. The van der Waals surface area contributed by atoms with Gasteiger partial charge in [-0.25, -0.2) is 0 Å². The standard InChI is InChI=1S/C30H20NP/c1-2-9-19(10-3-1)28-18-25-21-12-5-4-11-20(21)17-26(25)30(32-28)24-15-8-14-23-22-13-6-7-16-27(22)31-29(23)24/h1-16,18,31H,17H2. The molecule has 1 nitrogen and oxygen atoms in total. The second kappa shape index (κ2) is 6.92. The quantitative estimate of drug-likeness (QED) is 0.285. The van der Waals surface area contributed by atoms with Crippen molar-refractivity contribution in [1.29, 1.82) is 0 Å². The first-order valence-electron chi connectivity index (χ1n) is 11.0. The van der Waals surface area contributed by atoms with Gasteiger partial charge in [0.15, 0.2) is 0 Å². The molecule has 0 bridgehead atoms. The van der Waals surface area contributed by atoms with E-state index in [1.807, 2.05) is 0 Å². The molecule has 0 aliphatic heterocycles. The van der Waals surface area contributed by atoms with Crippen LogP contribution in [0.3, 0.4) is 0 Å². The minimum Gasteiger partial charge on any atom is -0.354 e. The Balaban J connectivity index is 1.56. The highest BCUT2D eigenvalue weighted by molar-refractivity contribution is 7.37. The van der Waals surface area contributed by atoms with E-state index in [1.165, 1.54) is 74.0 Å². The number of hydrogen-bond acceptors (Lipinski definition) is 0. The van der Waals surface area contributed by atoms with Gasteiger partial charge in [-0.3, -0.25) is 0 Å². The fraction of sp³-hybridized carbons (Fsp3) is 0.0333. The van der Waals surface area contributed by atoms with Crippen molar-refractivity contribution in [3.63, 3.8) is 0 Å². The molecule has 7 rings (SSSR count). The maximum atomic E-state index is 3.73. The molecule has 0 amide bonds. The second-order valence-electron chi connectivity index (χ2n) is 8.48. The molecule has 1 N–H and O–H groups in total. The third-order valence-corrected chi connectivity index (χ3v) is 8.03. The molecular formula is C30H20NP. The van der Waals surface area contributed by atoms with Crippen molar-refractivity contribution in [1.82, 2.24) is 4.98 Å². The predicted molar refractivity (Wildman–Crippen MR) is 137 cm³/mol. The van der Waals surface area contributed by atoms with E-state index in [-0.39, 0.29) is 0 Å². The first-order chi connectivity index (χ1) is 15.9. The Bertz CT molecular complexity index is 1640. The maximum absolute atomic E-state index is 3.73. The van der Waals surface area contributed by atoms with Crippen LogP contribution in [-0.2, 0) is 6.42 Å². The zero-order valence-corrected chi connectivity index (χ0v) is 18.4. The van der Waals surface area contributed by atoms with Crippen LogP contribution in [0.15, 0.2) is 103 Å². The van der Waals surface area contributed by atoms with Crippen molar-refractivity contribution in [2.24, 2.45) is 0 Å². The zero-order chi connectivity index (χ0) is 21.1. The molecule has 2 heteroatoms. The van der Waals surface area contributed by atoms with Crippen LogP contribution in [0.25, 0.3) is 54.7 Å². The summed E-state index contributed by atoms with van der Waals surface area (Å²) in [6.45, 7) is 0. The molecule has 0 unspecified atom stereocenters. The number of benzene rings is 4. The van der Waals surface area contributed by atoms with Crippen LogP contribution in [0, 0.1) is 0 Å².